The number of rotatable bonds is 2. The van der Waals surface area contributed by atoms with E-state index in [0.717, 1.165) is 14.2 Å². The highest BCUT2D eigenvalue weighted by Crippen LogP contribution is 2.38. The minimum absolute atomic E-state index is 0. The Hall–Kier alpha value is -0.0600. The molecule has 1 aromatic rings. The van der Waals surface area contributed by atoms with Crippen molar-refractivity contribution in [3.8, 4) is 0 Å². The topological polar surface area (TPSA) is 0 Å². The van der Waals surface area contributed by atoms with Gasteiger partial charge in [0.15, 0.2) is 0 Å². The molecule has 60 valence electrons. The molecule has 0 heterocycles. The van der Waals surface area contributed by atoms with Gasteiger partial charge in [-0.2, -0.15) is 0 Å². The normalized spacial score (nSPS) is 16.7. The molecule has 2 rings (SSSR count). The van der Waals surface area contributed by atoms with Crippen molar-refractivity contribution in [2.24, 2.45) is 0 Å². The molecule has 0 amide bonds. The fourth-order valence-electron chi connectivity index (χ4n) is 0.998. The molecule has 1 unspecified atom stereocenters. The molecular weight excluding hydrogens is 175 g/mol. The maximum atomic E-state index is 2.23. The van der Waals surface area contributed by atoms with Gasteiger partial charge in [0, 0.05) is 0 Å². The van der Waals surface area contributed by atoms with Gasteiger partial charge in [-0.15, -0.1) is 12.4 Å². The molecule has 0 bridgehead atoms. The predicted octanol–water partition coefficient (Wildman–Crippen LogP) is 2.57. The van der Waals surface area contributed by atoms with Gasteiger partial charge in [-0.1, -0.05) is 38.9 Å². The monoisotopic (exact) mass is 186 g/mol. The summed E-state index contributed by atoms with van der Waals surface area (Å²) in [6, 6.07) is 10.8. The number of halogens is 1. The van der Waals surface area contributed by atoms with Crippen LogP contribution < -0.4 is 5.30 Å². The van der Waals surface area contributed by atoms with Crippen LogP contribution in [0.1, 0.15) is 12.8 Å². The first-order valence-electron chi connectivity index (χ1n) is 3.77. The number of hydrogen-bond acceptors (Lipinski definition) is 0. The van der Waals surface area contributed by atoms with E-state index >= 15 is 0 Å². The van der Waals surface area contributed by atoms with Gasteiger partial charge < -0.3 is 0 Å². The second-order valence-electron chi connectivity index (χ2n) is 2.78. The molecular formula is C9H12ClP. The van der Waals surface area contributed by atoms with Crippen molar-refractivity contribution >= 4 is 26.3 Å². The highest BCUT2D eigenvalue weighted by atomic mass is 35.5. The lowest BCUT2D eigenvalue weighted by Crippen LogP contribution is -1.92. The Morgan fingerprint density at radius 3 is 2.27 bits per heavy atom. The van der Waals surface area contributed by atoms with E-state index in [0.29, 0.717) is 0 Å². The van der Waals surface area contributed by atoms with E-state index in [-0.39, 0.29) is 12.4 Å². The second kappa shape index (κ2) is 4.09. The SMILES string of the molecule is Cl.c1ccc(PC2CC2)cc1. The Labute approximate surface area is 75.6 Å². The van der Waals surface area contributed by atoms with Crippen molar-refractivity contribution in [2.45, 2.75) is 18.5 Å². The van der Waals surface area contributed by atoms with Crippen LogP contribution in [0.4, 0.5) is 0 Å². The smallest absolute Gasteiger partial charge is 0.0196 e. The fourth-order valence-corrected chi connectivity index (χ4v) is 2.31. The lowest BCUT2D eigenvalue weighted by molar-refractivity contribution is 1.50. The molecule has 11 heavy (non-hydrogen) atoms. The summed E-state index contributed by atoms with van der Waals surface area (Å²) in [6.45, 7) is 0. The lowest BCUT2D eigenvalue weighted by Gasteiger charge is -1.96. The third-order valence-electron chi connectivity index (χ3n) is 1.72. The van der Waals surface area contributed by atoms with Gasteiger partial charge in [0.05, 0.1) is 0 Å². The van der Waals surface area contributed by atoms with Crippen molar-refractivity contribution in [3.63, 3.8) is 0 Å². The Morgan fingerprint density at radius 2 is 1.73 bits per heavy atom. The summed E-state index contributed by atoms with van der Waals surface area (Å²) in [4.78, 5) is 0. The van der Waals surface area contributed by atoms with Crippen LogP contribution in [-0.2, 0) is 0 Å². The Morgan fingerprint density at radius 1 is 1.09 bits per heavy atom. The molecule has 0 spiro atoms. The Kier molecular flexibility index (Phi) is 3.36. The van der Waals surface area contributed by atoms with E-state index in [1.165, 1.54) is 18.1 Å². The van der Waals surface area contributed by atoms with Gasteiger partial charge >= 0.3 is 0 Å². The quantitative estimate of drug-likeness (QED) is 0.623. The summed E-state index contributed by atoms with van der Waals surface area (Å²) in [5, 5.41) is 1.53. The van der Waals surface area contributed by atoms with Crippen LogP contribution in [0.15, 0.2) is 30.3 Å². The zero-order valence-corrected chi connectivity index (χ0v) is 8.10. The Bertz CT molecular complexity index is 206. The summed E-state index contributed by atoms with van der Waals surface area (Å²) >= 11 is 0. The third kappa shape index (κ3) is 2.81. The van der Waals surface area contributed by atoms with E-state index in [2.05, 4.69) is 30.3 Å². The van der Waals surface area contributed by atoms with Gasteiger partial charge in [0.1, 0.15) is 0 Å². The zero-order valence-electron chi connectivity index (χ0n) is 6.29. The van der Waals surface area contributed by atoms with E-state index in [1.54, 1.807) is 0 Å². The van der Waals surface area contributed by atoms with Crippen molar-refractivity contribution in [2.75, 3.05) is 0 Å². The number of benzene rings is 1. The highest BCUT2D eigenvalue weighted by molar-refractivity contribution is 7.48. The molecule has 0 aliphatic heterocycles. The van der Waals surface area contributed by atoms with E-state index in [4.69, 9.17) is 0 Å². The van der Waals surface area contributed by atoms with Gasteiger partial charge in [-0.25, -0.2) is 0 Å². The number of hydrogen-bond donors (Lipinski definition) is 0. The summed E-state index contributed by atoms with van der Waals surface area (Å²) in [6.07, 6.45) is 2.93. The summed E-state index contributed by atoms with van der Waals surface area (Å²) < 4.78 is 0. The van der Waals surface area contributed by atoms with E-state index in [1.807, 2.05) is 0 Å². The first-order valence-corrected chi connectivity index (χ1v) is 4.84. The third-order valence-corrected chi connectivity index (χ3v) is 3.37. The fraction of sp³-hybridized carbons (Fsp3) is 0.333. The van der Waals surface area contributed by atoms with Gasteiger partial charge in [-0.3, -0.25) is 0 Å². The van der Waals surface area contributed by atoms with E-state index < -0.39 is 0 Å². The predicted molar refractivity (Wildman–Crippen MR) is 54.7 cm³/mol. The maximum Gasteiger partial charge on any atom is -0.0196 e. The molecule has 0 radical (unpaired) electrons. The van der Waals surface area contributed by atoms with E-state index in [9.17, 15) is 0 Å². The standard InChI is InChI=1S/C9H11P.ClH/c1-2-4-8(5-3-1)10-9-6-7-9;/h1-5,9-10H,6-7H2;1H. The van der Waals surface area contributed by atoms with Crippen molar-refractivity contribution in [1.29, 1.82) is 0 Å². The largest absolute Gasteiger partial charge is 0.147 e. The molecule has 0 nitrogen and oxygen atoms in total. The minimum Gasteiger partial charge on any atom is -0.147 e. The van der Waals surface area contributed by atoms with Crippen LogP contribution in [0.5, 0.6) is 0 Å². The molecule has 1 fully saturated rings. The maximum absolute atomic E-state index is 2.23. The highest BCUT2D eigenvalue weighted by Gasteiger charge is 2.20. The van der Waals surface area contributed by atoms with Crippen molar-refractivity contribution in [3.05, 3.63) is 30.3 Å². The molecule has 1 aromatic carbocycles. The average Bonchev–Trinajstić information content (AvgIpc) is 2.74. The van der Waals surface area contributed by atoms with Gasteiger partial charge in [0.25, 0.3) is 0 Å². The molecule has 2 heteroatoms. The minimum atomic E-state index is 0. The summed E-state index contributed by atoms with van der Waals surface area (Å²) in [7, 11) is 1.07. The molecule has 0 N–H and O–H groups in total. The molecule has 1 aliphatic carbocycles. The first-order chi connectivity index (χ1) is 4.95. The first kappa shape index (κ1) is 9.03. The molecule has 1 saturated carbocycles. The summed E-state index contributed by atoms with van der Waals surface area (Å²) in [5.74, 6) is 0. The van der Waals surface area contributed by atoms with Crippen LogP contribution >= 0.6 is 21.0 Å². The molecule has 0 saturated heterocycles. The van der Waals surface area contributed by atoms with Crippen molar-refractivity contribution in [1.82, 2.24) is 0 Å². The van der Waals surface area contributed by atoms with Crippen LogP contribution in [0.3, 0.4) is 0 Å². The zero-order chi connectivity index (χ0) is 6.81. The van der Waals surface area contributed by atoms with Crippen LogP contribution in [0.2, 0.25) is 0 Å². The average molecular weight is 187 g/mol. The Balaban J connectivity index is 0.000000605. The van der Waals surface area contributed by atoms with Crippen LogP contribution in [0.25, 0.3) is 0 Å². The van der Waals surface area contributed by atoms with Crippen molar-refractivity contribution < 1.29 is 0 Å². The second-order valence-corrected chi connectivity index (χ2v) is 4.47. The van der Waals surface area contributed by atoms with Gasteiger partial charge in [-0.05, 0) is 23.8 Å². The van der Waals surface area contributed by atoms with Crippen LogP contribution in [0, 0.1) is 0 Å². The van der Waals surface area contributed by atoms with Gasteiger partial charge in [0.2, 0.25) is 0 Å². The lowest BCUT2D eigenvalue weighted by atomic mass is 10.4. The summed E-state index contributed by atoms with van der Waals surface area (Å²) in [5.41, 5.74) is 1.04. The molecule has 0 aromatic heterocycles. The molecule has 1 aliphatic rings. The van der Waals surface area contributed by atoms with Crippen LogP contribution in [-0.4, -0.2) is 5.66 Å². The molecule has 1 atom stereocenters.